The molecule has 2 heterocycles. The number of anilines is 3. The van der Waals surface area contributed by atoms with Crippen LogP contribution in [0.2, 0.25) is 0 Å². The van der Waals surface area contributed by atoms with Crippen LogP contribution in [-0.4, -0.2) is 9.55 Å². The molecule has 0 N–H and O–H groups in total. The van der Waals surface area contributed by atoms with Gasteiger partial charge < -0.3 is 9.47 Å². The molecule has 0 aliphatic carbocycles. The van der Waals surface area contributed by atoms with E-state index in [0.717, 1.165) is 44.8 Å². The summed E-state index contributed by atoms with van der Waals surface area (Å²) in [6.07, 6.45) is 3.85. The summed E-state index contributed by atoms with van der Waals surface area (Å²) >= 11 is 0. The number of benzene rings is 9. The molecule has 0 amide bonds. The predicted molar refractivity (Wildman–Crippen MR) is 237 cm³/mol. The highest BCUT2D eigenvalue weighted by molar-refractivity contribution is 6.25. The molecule has 0 unspecified atom stereocenters. The van der Waals surface area contributed by atoms with E-state index >= 15 is 0 Å². The second-order valence-electron chi connectivity index (χ2n) is 14.4. The summed E-state index contributed by atoms with van der Waals surface area (Å²) in [6, 6.07) is 72.5. The van der Waals surface area contributed by atoms with Crippen LogP contribution in [-0.2, 0) is 0 Å². The van der Waals surface area contributed by atoms with E-state index < -0.39 is 0 Å². The molecular formula is C53H35N3. The van der Waals surface area contributed by atoms with E-state index in [-0.39, 0.29) is 0 Å². The van der Waals surface area contributed by atoms with Gasteiger partial charge in [-0.25, -0.2) is 0 Å². The quantitative estimate of drug-likeness (QED) is 0.160. The molecule has 0 aliphatic rings. The summed E-state index contributed by atoms with van der Waals surface area (Å²) in [5.74, 6) is 0. The maximum absolute atomic E-state index is 4.44. The molecule has 0 spiro atoms. The van der Waals surface area contributed by atoms with Crippen molar-refractivity contribution < 1.29 is 0 Å². The van der Waals surface area contributed by atoms with Gasteiger partial charge in [0.1, 0.15) is 0 Å². The molecule has 9 aromatic carbocycles. The van der Waals surface area contributed by atoms with Crippen molar-refractivity contribution in [1.82, 2.24) is 9.55 Å². The number of hydrogen-bond donors (Lipinski definition) is 0. The molecule has 0 bridgehead atoms. The van der Waals surface area contributed by atoms with Crippen LogP contribution in [0.3, 0.4) is 0 Å². The third kappa shape index (κ3) is 5.25. The van der Waals surface area contributed by atoms with Gasteiger partial charge in [-0.1, -0.05) is 140 Å². The largest absolute Gasteiger partial charge is 0.310 e. The number of fused-ring (bicyclic) bond motifs is 9. The molecule has 0 atom stereocenters. The first-order chi connectivity index (χ1) is 27.8. The standard InChI is InChI=1S/C53H35N3/c1-2-11-36(12-3-1)37-21-25-40(26-22-37)55(43-29-30-48-46-17-5-4-15-44(46)45-16-6-7-18-47(45)50(48)34-43)41-27-23-38(24-28-41)39-13-10-14-42(33-39)56-52-20-9-8-19-49(52)51-35-54-32-31-53(51)56/h1-35H. The predicted octanol–water partition coefficient (Wildman–Crippen LogP) is 14.4. The van der Waals surface area contributed by atoms with Crippen LogP contribution in [0.15, 0.2) is 213 Å². The number of hydrogen-bond acceptors (Lipinski definition) is 2. The highest BCUT2D eigenvalue weighted by atomic mass is 15.1. The summed E-state index contributed by atoms with van der Waals surface area (Å²) in [4.78, 5) is 6.82. The van der Waals surface area contributed by atoms with E-state index in [0.29, 0.717) is 0 Å². The van der Waals surface area contributed by atoms with Crippen LogP contribution in [0.5, 0.6) is 0 Å². The topological polar surface area (TPSA) is 21.1 Å². The van der Waals surface area contributed by atoms with Crippen LogP contribution >= 0.6 is 0 Å². The molecule has 0 saturated carbocycles. The van der Waals surface area contributed by atoms with Crippen molar-refractivity contribution in [2.24, 2.45) is 0 Å². The van der Waals surface area contributed by atoms with E-state index in [9.17, 15) is 0 Å². The first-order valence-corrected chi connectivity index (χ1v) is 19.1. The average Bonchev–Trinajstić information content (AvgIpc) is 3.62. The fraction of sp³-hybridized carbons (Fsp3) is 0. The van der Waals surface area contributed by atoms with Crippen LogP contribution in [0, 0.1) is 0 Å². The first-order valence-electron chi connectivity index (χ1n) is 19.1. The number of aromatic nitrogens is 2. The molecule has 262 valence electrons. The number of pyridine rings is 1. The first kappa shape index (κ1) is 32.0. The van der Waals surface area contributed by atoms with Gasteiger partial charge >= 0.3 is 0 Å². The molecule has 0 saturated heterocycles. The zero-order chi connectivity index (χ0) is 37.0. The second kappa shape index (κ2) is 13.1. The Bertz CT molecular complexity index is 3150. The Morgan fingerprint density at radius 1 is 0.321 bits per heavy atom. The minimum atomic E-state index is 1.09. The summed E-state index contributed by atoms with van der Waals surface area (Å²) < 4.78 is 2.34. The van der Waals surface area contributed by atoms with Crippen molar-refractivity contribution >= 4 is 71.2 Å². The molecule has 3 heteroatoms. The van der Waals surface area contributed by atoms with Crippen LogP contribution in [0.1, 0.15) is 0 Å². The number of rotatable bonds is 6. The molecule has 11 rings (SSSR count). The maximum Gasteiger partial charge on any atom is 0.0571 e. The van der Waals surface area contributed by atoms with Gasteiger partial charge in [-0.15, -0.1) is 0 Å². The van der Waals surface area contributed by atoms with E-state index in [1.165, 1.54) is 54.3 Å². The fourth-order valence-electron chi connectivity index (χ4n) is 8.64. The van der Waals surface area contributed by atoms with Crippen LogP contribution in [0.4, 0.5) is 17.1 Å². The lowest BCUT2D eigenvalue weighted by molar-refractivity contribution is 1.17. The molecule has 11 aromatic rings. The smallest absolute Gasteiger partial charge is 0.0571 e. The lowest BCUT2D eigenvalue weighted by Crippen LogP contribution is -2.10. The van der Waals surface area contributed by atoms with Crippen LogP contribution < -0.4 is 4.90 Å². The SMILES string of the molecule is c1ccc(-c2ccc(N(c3ccc(-c4cccc(-n5c6ccccc6c6cnccc65)c4)cc3)c3ccc4c5ccccc5c5ccccc5c4c3)cc2)cc1. The Morgan fingerprint density at radius 2 is 0.821 bits per heavy atom. The van der Waals surface area contributed by atoms with Gasteiger partial charge in [-0.2, -0.15) is 0 Å². The third-order valence-corrected chi connectivity index (χ3v) is 11.3. The van der Waals surface area contributed by atoms with Crippen molar-refractivity contribution in [3.8, 4) is 27.9 Å². The van der Waals surface area contributed by atoms with E-state index in [4.69, 9.17) is 0 Å². The van der Waals surface area contributed by atoms with Crippen molar-refractivity contribution in [2.75, 3.05) is 4.90 Å². The zero-order valence-corrected chi connectivity index (χ0v) is 30.5. The zero-order valence-electron chi connectivity index (χ0n) is 30.5. The molecule has 0 radical (unpaired) electrons. The summed E-state index contributed by atoms with van der Waals surface area (Å²) in [7, 11) is 0. The van der Waals surface area contributed by atoms with E-state index in [1.807, 2.05) is 12.4 Å². The van der Waals surface area contributed by atoms with Gasteiger partial charge in [-0.05, 0) is 115 Å². The number of nitrogens with zero attached hydrogens (tertiary/aromatic N) is 3. The molecule has 2 aromatic heterocycles. The molecule has 0 aliphatic heterocycles. The molecule has 3 nitrogen and oxygen atoms in total. The van der Waals surface area contributed by atoms with Crippen molar-refractivity contribution in [2.45, 2.75) is 0 Å². The minimum absolute atomic E-state index is 1.09. The normalized spacial score (nSPS) is 11.6. The monoisotopic (exact) mass is 713 g/mol. The minimum Gasteiger partial charge on any atom is -0.310 e. The van der Waals surface area contributed by atoms with Gasteiger partial charge in [-0.3, -0.25) is 4.98 Å². The van der Waals surface area contributed by atoms with Crippen molar-refractivity contribution in [3.63, 3.8) is 0 Å². The van der Waals surface area contributed by atoms with Gasteiger partial charge in [0.25, 0.3) is 0 Å². The van der Waals surface area contributed by atoms with Crippen molar-refractivity contribution in [1.29, 1.82) is 0 Å². The Balaban J connectivity index is 1.04. The molecule has 0 fully saturated rings. The van der Waals surface area contributed by atoms with Crippen LogP contribution in [0.25, 0.3) is 82.1 Å². The Hall–Kier alpha value is -7.49. The number of para-hydroxylation sites is 1. The maximum atomic E-state index is 4.44. The third-order valence-electron chi connectivity index (χ3n) is 11.3. The fourth-order valence-corrected chi connectivity index (χ4v) is 8.64. The highest BCUT2D eigenvalue weighted by Gasteiger charge is 2.17. The highest BCUT2D eigenvalue weighted by Crippen LogP contribution is 2.42. The van der Waals surface area contributed by atoms with Crippen molar-refractivity contribution in [3.05, 3.63) is 213 Å². The Kier molecular flexibility index (Phi) is 7.49. The average molecular weight is 714 g/mol. The summed E-state index contributed by atoms with van der Waals surface area (Å²) in [6.45, 7) is 0. The second-order valence-corrected chi connectivity index (χ2v) is 14.4. The molecular weight excluding hydrogens is 679 g/mol. The van der Waals surface area contributed by atoms with Gasteiger partial charge in [0.2, 0.25) is 0 Å². The van der Waals surface area contributed by atoms with E-state index in [2.05, 4.69) is 215 Å². The lowest BCUT2D eigenvalue weighted by Gasteiger charge is -2.27. The Morgan fingerprint density at radius 3 is 1.50 bits per heavy atom. The van der Waals surface area contributed by atoms with Gasteiger partial charge in [0.15, 0.2) is 0 Å². The summed E-state index contributed by atoms with van der Waals surface area (Å²) in [5, 5.41) is 9.96. The Labute approximate surface area is 325 Å². The summed E-state index contributed by atoms with van der Waals surface area (Å²) in [5.41, 5.74) is 11.5. The van der Waals surface area contributed by atoms with Gasteiger partial charge in [0.05, 0.1) is 11.0 Å². The molecule has 56 heavy (non-hydrogen) atoms. The van der Waals surface area contributed by atoms with Gasteiger partial charge in [0, 0.05) is 45.9 Å². The van der Waals surface area contributed by atoms with E-state index in [1.54, 1.807) is 0 Å². The lowest BCUT2D eigenvalue weighted by atomic mass is 9.94.